The molecule has 0 unspecified atom stereocenters. The van der Waals surface area contributed by atoms with Gasteiger partial charge in [0.05, 0.1) is 26.4 Å². The summed E-state index contributed by atoms with van der Waals surface area (Å²) in [5.41, 5.74) is 0. The molecule has 0 rings (SSSR count). The van der Waals surface area contributed by atoms with Crippen molar-refractivity contribution >= 4 is 0 Å². The maximum atomic E-state index is 8.09. The number of aliphatic hydroxyl groups is 6. The average Bonchev–Trinajstić information content (AvgIpc) is 2.52. The molecule has 6 N–H and O–H groups in total. The lowest BCUT2D eigenvalue weighted by molar-refractivity contribution is 0.0650. The van der Waals surface area contributed by atoms with Gasteiger partial charge in [0.2, 0.25) is 0 Å². The van der Waals surface area contributed by atoms with Crippen molar-refractivity contribution in [1.82, 2.24) is 0 Å². The van der Waals surface area contributed by atoms with Crippen molar-refractivity contribution in [3.63, 3.8) is 0 Å². The SMILES string of the molecule is CCCCO.CCCO.CCO.CO.OCCOCCO. The van der Waals surface area contributed by atoms with Gasteiger partial charge in [-0.2, -0.15) is 0 Å². The van der Waals surface area contributed by atoms with Crippen LogP contribution in [0.15, 0.2) is 0 Å². The average molecular weight is 318 g/mol. The van der Waals surface area contributed by atoms with E-state index in [1.807, 2.05) is 6.92 Å². The van der Waals surface area contributed by atoms with E-state index in [1.54, 1.807) is 6.92 Å². The third-order valence-corrected chi connectivity index (χ3v) is 1.21. The number of rotatable bonds is 7. The monoisotopic (exact) mass is 318 g/mol. The van der Waals surface area contributed by atoms with Crippen LogP contribution in [0.3, 0.4) is 0 Å². The zero-order valence-corrected chi connectivity index (χ0v) is 14.2. The molecule has 136 valence electrons. The molecule has 0 aliphatic rings. The predicted molar refractivity (Wildman–Crippen MR) is 85.3 cm³/mol. The van der Waals surface area contributed by atoms with Crippen molar-refractivity contribution in [2.24, 2.45) is 0 Å². The van der Waals surface area contributed by atoms with E-state index in [0.29, 0.717) is 26.4 Å². The van der Waals surface area contributed by atoms with Crippen LogP contribution in [0.4, 0.5) is 0 Å². The van der Waals surface area contributed by atoms with Crippen LogP contribution in [0.1, 0.15) is 40.0 Å². The third-order valence-electron chi connectivity index (χ3n) is 1.21. The number of hydrogen-bond donors (Lipinski definition) is 6. The van der Waals surface area contributed by atoms with Crippen molar-refractivity contribution in [3.8, 4) is 0 Å². The van der Waals surface area contributed by atoms with Gasteiger partial charge < -0.3 is 35.4 Å². The molecule has 0 amide bonds. The minimum atomic E-state index is 0.0278. The fourth-order valence-corrected chi connectivity index (χ4v) is 0.389. The molecule has 0 aliphatic carbocycles. The molecule has 0 aliphatic heterocycles. The highest BCUT2D eigenvalue weighted by Gasteiger charge is 1.79. The molecule has 0 atom stereocenters. The topological polar surface area (TPSA) is 131 Å². The van der Waals surface area contributed by atoms with Gasteiger partial charge in [-0.05, 0) is 19.8 Å². The Morgan fingerprint density at radius 3 is 1.05 bits per heavy atom. The van der Waals surface area contributed by atoms with Gasteiger partial charge in [0.1, 0.15) is 0 Å². The van der Waals surface area contributed by atoms with E-state index in [9.17, 15) is 0 Å². The fourth-order valence-electron chi connectivity index (χ4n) is 0.389. The molecule has 0 saturated carbocycles. The van der Waals surface area contributed by atoms with E-state index in [1.165, 1.54) is 0 Å². The summed E-state index contributed by atoms with van der Waals surface area (Å²) in [4.78, 5) is 0. The van der Waals surface area contributed by atoms with Gasteiger partial charge in [-0.15, -0.1) is 0 Å². The highest BCUT2D eigenvalue weighted by molar-refractivity contribution is 4.24. The molecule has 0 spiro atoms. The number of hydrogen-bond acceptors (Lipinski definition) is 7. The molecule has 0 aromatic carbocycles. The predicted octanol–water partition coefficient (Wildman–Crippen LogP) is -0.238. The van der Waals surface area contributed by atoms with E-state index < -0.39 is 0 Å². The first kappa shape index (κ1) is 32.6. The van der Waals surface area contributed by atoms with Crippen molar-refractivity contribution in [2.75, 3.05) is 53.4 Å². The van der Waals surface area contributed by atoms with Gasteiger partial charge in [0, 0.05) is 26.9 Å². The summed E-state index contributed by atoms with van der Waals surface area (Å²) < 4.78 is 4.63. The lowest BCUT2D eigenvalue weighted by Crippen LogP contribution is -2.03. The maximum absolute atomic E-state index is 8.09. The fraction of sp³-hybridized carbons (Fsp3) is 1.00. The Kier molecular flexibility index (Phi) is 93.4. The van der Waals surface area contributed by atoms with Crippen molar-refractivity contribution in [3.05, 3.63) is 0 Å². The molecule has 0 fully saturated rings. The smallest absolute Gasteiger partial charge is 0.0698 e. The minimum absolute atomic E-state index is 0.0278. The minimum Gasteiger partial charge on any atom is -0.400 e. The molecule has 0 radical (unpaired) electrons. The molecular formula is C14H38O7. The summed E-state index contributed by atoms with van der Waals surface area (Å²) in [6, 6.07) is 0. The zero-order valence-electron chi connectivity index (χ0n) is 14.2. The Labute approximate surface area is 129 Å². The first-order chi connectivity index (χ1) is 10.2. The lowest BCUT2D eigenvalue weighted by atomic mass is 10.4. The highest BCUT2D eigenvalue weighted by atomic mass is 16.5. The normalized spacial score (nSPS) is 7.71. The molecule has 0 saturated heterocycles. The Hall–Kier alpha value is -0.280. The van der Waals surface area contributed by atoms with Crippen LogP contribution in [-0.4, -0.2) is 84.0 Å². The van der Waals surface area contributed by atoms with E-state index in [-0.39, 0.29) is 19.8 Å². The Bertz CT molecular complexity index is 87.4. The van der Waals surface area contributed by atoms with E-state index in [2.05, 4.69) is 11.7 Å². The standard InChI is InChI=1S/C4H10O3.C4H10O.C3H8O.C2H6O.CH4O/c5-1-3-7-4-2-6;1-2-3-4-5;1-2-3-4;1-2-3;1-2/h5-6H,1-4H2;5H,2-4H2,1H3;4H,2-3H2,1H3;3H,2H2,1H3;2H,1H3. The van der Waals surface area contributed by atoms with Gasteiger partial charge in [-0.25, -0.2) is 0 Å². The van der Waals surface area contributed by atoms with Crippen LogP contribution in [0.5, 0.6) is 0 Å². The van der Waals surface area contributed by atoms with Gasteiger partial charge in [0.15, 0.2) is 0 Å². The molecule has 0 aromatic rings. The van der Waals surface area contributed by atoms with Gasteiger partial charge in [-0.3, -0.25) is 0 Å². The maximum Gasteiger partial charge on any atom is 0.0698 e. The van der Waals surface area contributed by atoms with E-state index >= 15 is 0 Å². The van der Waals surface area contributed by atoms with Crippen LogP contribution in [0.25, 0.3) is 0 Å². The van der Waals surface area contributed by atoms with Crippen molar-refractivity contribution in [1.29, 1.82) is 0 Å². The summed E-state index contributed by atoms with van der Waals surface area (Å²) in [6.07, 6.45) is 2.91. The second-order valence-electron chi connectivity index (χ2n) is 3.18. The molecule has 21 heavy (non-hydrogen) atoms. The second-order valence-corrected chi connectivity index (χ2v) is 3.18. The summed E-state index contributed by atoms with van der Waals surface area (Å²) in [5.74, 6) is 0. The number of unbranched alkanes of at least 4 members (excludes halogenated alkanes) is 1. The second kappa shape index (κ2) is 60.1. The summed E-state index contributed by atoms with van der Waals surface area (Å²) in [5, 5.41) is 46.7. The molecule has 7 heteroatoms. The first-order valence-corrected chi connectivity index (χ1v) is 7.23. The van der Waals surface area contributed by atoms with Gasteiger partial charge >= 0.3 is 0 Å². The molecule has 7 nitrogen and oxygen atoms in total. The van der Waals surface area contributed by atoms with Crippen LogP contribution >= 0.6 is 0 Å². The zero-order chi connectivity index (χ0) is 17.8. The molecular weight excluding hydrogens is 280 g/mol. The van der Waals surface area contributed by atoms with Crippen molar-refractivity contribution in [2.45, 2.75) is 40.0 Å². The van der Waals surface area contributed by atoms with E-state index in [0.717, 1.165) is 26.4 Å². The van der Waals surface area contributed by atoms with Crippen molar-refractivity contribution < 1.29 is 35.4 Å². The van der Waals surface area contributed by atoms with Crippen LogP contribution in [0.2, 0.25) is 0 Å². The van der Waals surface area contributed by atoms with Gasteiger partial charge in [0.25, 0.3) is 0 Å². The van der Waals surface area contributed by atoms with Crippen LogP contribution in [-0.2, 0) is 4.74 Å². The van der Waals surface area contributed by atoms with E-state index in [4.69, 9.17) is 30.6 Å². The van der Waals surface area contributed by atoms with Gasteiger partial charge in [-0.1, -0.05) is 20.3 Å². The summed E-state index contributed by atoms with van der Waals surface area (Å²) in [7, 11) is 1.00. The van der Waals surface area contributed by atoms with Crippen LogP contribution < -0.4 is 0 Å². The molecule has 0 heterocycles. The molecule has 0 bridgehead atoms. The third kappa shape index (κ3) is 137. The summed E-state index contributed by atoms with van der Waals surface area (Å²) >= 11 is 0. The number of aliphatic hydroxyl groups excluding tert-OH is 6. The Morgan fingerprint density at radius 2 is 0.952 bits per heavy atom. The lowest BCUT2D eigenvalue weighted by Gasteiger charge is -1.94. The first-order valence-electron chi connectivity index (χ1n) is 7.23. The summed E-state index contributed by atoms with van der Waals surface area (Å²) in [6.45, 7) is 7.27. The van der Waals surface area contributed by atoms with Crippen LogP contribution in [0, 0.1) is 0 Å². The Morgan fingerprint density at radius 1 is 0.619 bits per heavy atom. The highest BCUT2D eigenvalue weighted by Crippen LogP contribution is 1.78. The quantitative estimate of drug-likeness (QED) is 0.357. The largest absolute Gasteiger partial charge is 0.400 e. The molecule has 0 aromatic heterocycles. The number of ether oxygens (including phenoxy) is 1. The Balaban J connectivity index is -0.0000000543.